The van der Waals surface area contributed by atoms with Crippen LogP contribution >= 0.6 is 34.8 Å². The molecule has 190 valence electrons. The second-order valence-electron chi connectivity index (χ2n) is 7.75. The van der Waals surface area contributed by atoms with E-state index in [0.717, 1.165) is 28.0 Å². The third-order valence-electron chi connectivity index (χ3n) is 5.29. The maximum atomic E-state index is 13.1. The molecule has 7 nitrogen and oxygen atoms in total. The molecule has 0 aliphatic carbocycles. The van der Waals surface area contributed by atoms with Crippen molar-refractivity contribution in [2.75, 3.05) is 7.11 Å². The minimum Gasteiger partial charge on any atom is -0.497 e. The first-order chi connectivity index (χ1) is 17.6. The van der Waals surface area contributed by atoms with Crippen LogP contribution in [0, 0.1) is 0 Å². The largest absolute Gasteiger partial charge is 0.497 e. The van der Waals surface area contributed by atoms with Crippen LogP contribution in [0.5, 0.6) is 11.5 Å². The average molecular weight is 570 g/mol. The first kappa shape index (κ1) is 25.2. The molecule has 2 aromatic carbocycles. The minimum atomic E-state index is -4.57. The fourth-order valence-electron chi connectivity index (χ4n) is 3.45. The number of methoxy groups -OCH3 is 1. The number of benzene rings is 2. The highest BCUT2D eigenvalue weighted by molar-refractivity contribution is 6.36. The van der Waals surface area contributed by atoms with Crippen LogP contribution in [0.25, 0.3) is 28.6 Å². The first-order valence-electron chi connectivity index (χ1n) is 10.5. The minimum absolute atomic E-state index is 0.0460. The number of hydrogen-bond donors (Lipinski definition) is 0. The zero-order valence-electron chi connectivity index (χ0n) is 18.7. The zero-order valence-corrected chi connectivity index (χ0v) is 21.0. The van der Waals surface area contributed by atoms with E-state index in [1.54, 1.807) is 7.11 Å². The lowest BCUT2D eigenvalue weighted by atomic mass is 10.2. The number of aromatic nitrogens is 4. The van der Waals surface area contributed by atoms with Gasteiger partial charge in [0, 0.05) is 24.0 Å². The van der Waals surface area contributed by atoms with Crippen LogP contribution in [0.4, 0.5) is 13.2 Å². The Morgan fingerprint density at radius 1 is 0.946 bits per heavy atom. The van der Waals surface area contributed by atoms with Gasteiger partial charge in [-0.25, -0.2) is 4.98 Å². The van der Waals surface area contributed by atoms with Gasteiger partial charge in [0.25, 0.3) is 5.89 Å². The van der Waals surface area contributed by atoms with Crippen molar-refractivity contribution in [3.8, 4) is 34.5 Å². The van der Waals surface area contributed by atoms with Crippen molar-refractivity contribution < 1.29 is 27.2 Å². The molecule has 3 heterocycles. The highest BCUT2D eigenvalue weighted by Crippen LogP contribution is 2.37. The zero-order chi connectivity index (χ0) is 26.3. The summed E-state index contributed by atoms with van der Waals surface area (Å²) in [5.41, 5.74) is 0.566. The number of rotatable bonds is 6. The molecule has 0 saturated heterocycles. The van der Waals surface area contributed by atoms with Gasteiger partial charge >= 0.3 is 6.18 Å². The predicted molar refractivity (Wildman–Crippen MR) is 131 cm³/mol. The van der Waals surface area contributed by atoms with Gasteiger partial charge in [-0.3, -0.25) is 0 Å². The molecule has 0 bridgehead atoms. The molecule has 0 amide bonds. The predicted octanol–water partition coefficient (Wildman–Crippen LogP) is 7.62. The number of hydrogen-bond acceptors (Lipinski definition) is 6. The smallest absolute Gasteiger partial charge is 0.417 e. The van der Waals surface area contributed by atoms with Crippen LogP contribution in [-0.4, -0.2) is 26.6 Å². The highest BCUT2D eigenvalue weighted by atomic mass is 35.5. The second-order valence-corrected chi connectivity index (χ2v) is 8.98. The van der Waals surface area contributed by atoms with Crippen LogP contribution < -0.4 is 9.47 Å². The van der Waals surface area contributed by atoms with Crippen molar-refractivity contribution in [1.82, 2.24) is 19.5 Å². The van der Waals surface area contributed by atoms with Crippen molar-refractivity contribution in [3.63, 3.8) is 0 Å². The van der Waals surface area contributed by atoms with Crippen molar-refractivity contribution in [1.29, 1.82) is 0 Å². The molecule has 0 unspecified atom stereocenters. The monoisotopic (exact) mass is 568 g/mol. The van der Waals surface area contributed by atoms with Gasteiger partial charge in [-0.2, -0.15) is 18.2 Å². The molecule has 5 aromatic rings. The Morgan fingerprint density at radius 2 is 1.70 bits per heavy atom. The van der Waals surface area contributed by atoms with Crippen molar-refractivity contribution >= 4 is 40.4 Å². The van der Waals surface area contributed by atoms with Gasteiger partial charge in [0.2, 0.25) is 5.82 Å². The Balaban J connectivity index is 1.39. The van der Waals surface area contributed by atoms with E-state index in [-0.39, 0.29) is 44.7 Å². The second kappa shape index (κ2) is 9.77. The fourth-order valence-corrected chi connectivity index (χ4v) is 4.16. The summed E-state index contributed by atoms with van der Waals surface area (Å²) in [4.78, 5) is 8.48. The van der Waals surface area contributed by atoms with E-state index in [1.165, 1.54) is 18.3 Å². The van der Waals surface area contributed by atoms with E-state index in [2.05, 4.69) is 15.1 Å². The molecule has 0 N–H and O–H groups in total. The molecular weight excluding hydrogens is 556 g/mol. The third-order valence-corrected chi connectivity index (χ3v) is 6.18. The standard InChI is InChI=1S/C24H14Cl3F3N4O3/c1-35-14-4-2-12(3-5-14)11-36-20-8-16(25)15(7-17(20)26)21-32-23(37-33-21)19-10-34-9-13(24(28,29)30)6-18(27)22(34)31-19/h2-10H,11H2,1H3. The van der Waals surface area contributed by atoms with Crippen molar-refractivity contribution in [2.45, 2.75) is 12.8 Å². The molecule has 0 radical (unpaired) electrons. The van der Waals surface area contributed by atoms with Gasteiger partial charge in [0.15, 0.2) is 5.65 Å². The number of alkyl halides is 3. The fraction of sp³-hybridized carbons (Fsp3) is 0.125. The quantitative estimate of drug-likeness (QED) is 0.209. The van der Waals surface area contributed by atoms with Crippen molar-refractivity contribution in [3.05, 3.63) is 81.1 Å². The molecule has 0 fully saturated rings. The van der Waals surface area contributed by atoms with E-state index >= 15 is 0 Å². The highest BCUT2D eigenvalue weighted by Gasteiger charge is 2.32. The lowest BCUT2D eigenvalue weighted by Crippen LogP contribution is -2.06. The first-order valence-corrected chi connectivity index (χ1v) is 11.6. The Hall–Kier alpha value is -3.47. The molecule has 5 rings (SSSR count). The number of imidazole rings is 1. The SMILES string of the molecule is COc1ccc(COc2cc(Cl)c(-c3noc(-c4cn5cc(C(F)(F)F)cc(Cl)c5n4)n3)cc2Cl)cc1. The lowest BCUT2D eigenvalue weighted by molar-refractivity contribution is -0.137. The van der Waals surface area contributed by atoms with E-state index < -0.39 is 11.7 Å². The summed E-state index contributed by atoms with van der Waals surface area (Å²) in [7, 11) is 1.58. The molecular formula is C24H14Cl3F3N4O3. The molecule has 0 saturated carbocycles. The third kappa shape index (κ3) is 5.18. The Kier molecular flexibility index (Phi) is 6.65. The summed E-state index contributed by atoms with van der Waals surface area (Å²) in [6.07, 6.45) is -2.39. The normalized spacial score (nSPS) is 11.8. The summed E-state index contributed by atoms with van der Waals surface area (Å²) in [6.45, 7) is 0.248. The molecule has 0 aliphatic rings. The number of pyridine rings is 1. The topological polar surface area (TPSA) is 74.7 Å². The molecule has 0 aliphatic heterocycles. The van der Waals surface area contributed by atoms with Gasteiger partial charge in [0.05, 0.1) is 27.7 Å². The molecule has 13 heteroatoms. The maximum Gasteiger partial charge on any atom is 0.417 e. The summed E-state index contributed by atoms with van der Waals surface area (Å²) in [6, 6.07) is 11.2. The summed E-state index contributed by atoms with van der Waals surface area (Å²) >= 11 is 18.8. The van der Waals surface area contributed by atoms with Gasteiger partial charge < -0.3 is 18.4 Å². The van der Waals surface area contributed by atoms with Gasteiger partial charge in [0.1, 0.15) is 23.8 Å². The van der Waals surface area contributed by atoms with Gasteiger partial charge in [-0.05, 0) is 29.8 Å². The number of nitrogens with zero attached hydrogens (tertiary/aromatic N) is 4. The average Bonchev–Trinajstić information content (AvgIpc) is 3.52. The van der Waals surface area contributed by atoms with Gasteiger partial charge in [-0.15, -0.1) is 0 Å². The van der Waals surface area contributed by atoms with E-state index in [1.807, 2.05) is 24.3 Å². The van der Waals surface area contributed by atoms with Gasteiger partial charge in [-0.1, -0.05) is 52.1 Å². The lowest BCUT2D eigenvalue weighted by Gasteiger charge is -2.10. The maximum absolute atomic E-state index is 13.1. The van der Waals surface area contributed by atoms with Crippen LogP contribution in [0.15, 0.2) is 59.4 Å². The van der Waals surface area contributed by atoms with Crippen LogP contribution in [0.3, 0.4) is 0 Å². The van der Waals surface area contributed by atoms with E-state index in [0.29, 0.717) is 11.3 Å². The number of ether oxygens (including phenoxy) is 2. The number of halogens is 6. The van der Waals surface area contributed by atoms with E-state index in [9.17, 15) is 13.2 Å². The molecule has 37 heavy (non-hydrogen) atoms. The van der Waals surface area contributed by atoms with Crippen LogP contribution in [-0.2, 0) is 12.8 Å². The Bertz CT molecular complexity index is 1600. The summed E-state index contributed by atoms with van der Waals surface area (Å²) in [5.74, 6) is 1.13. The van der Waals surface area contributed by atoms with Crippen LogP contribution in [0.1, 0.15) is 11.1 Å². The van der Waals surface area contributed by atoms with E-state index in [4.69, 9.17) is 48.8 Å². The summed E-state index contributed by atoms with van der Waals surface area (Å²) < 4.78 is 56.7. The number of fused-ring (bicyclic) bond motifs is 1. The Labute approximate surface area is 222 Å². The van der Waals surface area contributed by atoms with Crippen molar-refractivity contribution in [2.24, 2.45) is 0 Å². The molecule has 3 aromatic heterocycles. The Morgan fingerprint density at radius 3 is 2.41 bits per heavy atom. The van der Waals surface area contributed by atoms with Crippen LogP contribution in [0.2, 0.25) is 15.1 Å². The molecule has 0 atom stereocenters. The summed E-state index contributed by atoms with van der Waals surface area (Å²) in [5, 5.41) is 4.24. The molecule has 0 spiro atoms.